The van der Waals surface area contributed by atoms with Crippen molar-refractivity contribution in [3.63, 3.8) is 0 Å². The molecule has 0 saturated heterocycles. The maximum absolute atomic E-state index is 12.8. The second kappa shape index (κ2) is 3.96. The normalized spacial score (nSPS) is 11.6. The van der Waals surface area contributed by atoms with Crippen LogP contribution in [0, 0.1) is 5.82 Å². The van der Waals surface area contributed by atoms with Crippen molar-refractivity contribution in [2.24, 2.45) is 0 Å². The van der Waals surface area contributed by atoms with Gasteiger partial charge >= 0.3 is 0 Å². The van der Waals surface area contributed by atoms with E-state index in [1.807, 2.05) is 0 Å². The van der Waals surface area contributed by atoms with Gasteiger partial charge in [-0.2, -0.15) is 0 Å². The zero-order valence-electron chi connectivity index (χ0n) is 7.83. The lowest BCUT2D eigenvalue weighted by Gasteiger charge is -2.05. The summed E-state index contributed by atoms with van der Waals surface area (Å²) >= 11 is 0. The topological polar surface area (TPSA) is 60.2 Å². The molecule has 78 valence electrons. The van der Waals surface area contributed by atoms with Crippen LogP contribution in [0.3, 0.4) is 0 Å². The Labute approximate surface area is 82.7 Å². The van der Waals surface area contributed by atoms with Crippen LogP contribution in [0.2, 0.25) is 0 Å². The average Bonchev–Trinajstić information content (AvgIpc) is 2.11. The molecule has 0 aliphatic heterocycles. The van der Waals surface area contributed by atoms with E-state index in [2.05, 4.69) is 0 Å². The van der Waals surface area contributed by atoms with Gasteiger partial charge in [0.15, 0.2) is 9.84 Å². The number of hydrogen-bond acceptors (Lipinski definition) is 3. The van der Waals surface area contributed by atoms with E-state index in [0.717, 1.165) is 6.07 Å². The maximum Gasteiger partial charge on any atom is 0.154 e. The Morgan fingerprint density at radius 3 is 2.64 bits per heavy atom. The largest absolute Gasteiger partial charge is 0.398 e. The summed E-state index contributed by atoms with van der Waals surface area (Å²) < 4.78 is 35.3. The monoisotopic (exact) mass is 217 g/mol. The molecule has 1 rings (SSSR count). The molecule has 0 spiro atoms. The predicted octanol–water partition coefficient (Wildman–Crippen LogP) is 1.34. The summed E-state index contributed by atoms with van der Waals surface area (Å²) in [7, 11) is -3.16. The SMILES string of the molecule is CCS(=O)(=O)Cc1cc(F)ccc1N. The lowest BCUT2D eigenvalue weighted by molar-refractivity contribution is 0.596. The Morgan fingerprint density at radius 2 is 2.07 bits per heavy atom. The van der Waals surface area contributed by atoms with E-state index in [-0.39, 0.29) is 11.5 Å². The summed E-state index contributed by atoms with van der Waals surface area (Å²) in [4.78, 5) is 0. The van der Waals surface area contributed by atoms with Gasteiger partial charge in [-0.3, -0.25) is 0 Å². The zero-order chi connectivity index (χ0) is 10.8. The van der Waals surface area contributed by atoms with Gasteiger partial charge < -0.3 is 5.73 Å². The number of nitrogens with two attached hydrogens (primary N) is 1. The summed E-state index contributed by atoms with van der Waals surface area (Å²) in [6.45, 7) is 1.55. The van der Waals surface area contributed by atoms with Crippen LogP contribution in [-0.4, -0.2) is 14.2 Å². The van der Waals surface area contributed by atoms with Gasteiger partial charge in [0.2, 0.25) is 0 Å². The fraction of sp³-hybridized carbons (Fsp3) is 0.333. The van der Waals surface area contributed by atoms with E-state index in [1.54, 1.807) is 6.92 Å². The highest BCUT2D eigenvalue weighted by atomic mass is 32.2. The smallest absolute Gasteiger partial charge is 0.154 e. The molecule has 0 saturated carbocycles. The van der Waals surface area contributed by atoms with E-state index in [9.17, 15) is 12.8 Å². The molecular weight excluding hydrogens is 205 g/mol. The van der Waals surface area contributed by atoms with Crippen LogP contribution >= 0.6 is 0 Å². The van der Waals surface area contributed by atoms with Gasteiger partial charge in [-0.25, -0.2) is 12.8 Å². The summed E-state index contributed by atoms with van der Waals surface area (Å²) in [5.74, 6) is -0.642. The molecule has 0 aliphatic rings. The maximum atomic E-state index is 12.8. The Hall–Kier alpha value is -1.10. The molecule has 0 atom stereocenters. The quantitative estimate of drug-likeness (QED) is 0.777. The van der Waals surface area contributed by atoms with E-state index < -0.39 is 15.7 Å². The van der Waals surface area contributed by atoms with Crippen molar-refractivity contribution in [2.75, 3.05) is 11.5 Å². The van der Waals surface area contributed by atoms with E-state index in [0.29, 0.717) is 11.3 Å². The fourth-order valence-electron chi connectivity index (χ4n) is 1.04. The average molecular weight is 217 g/mol. The number of halogens is 1. The second-order valence-corrected chi connectivity index (χ2v) is 5.37. The van der Waals surface area contributed by atoms with Crippen molar-refractivity contribution in [3.05, 3.63) is 29.6 Å². The van der Waals surface area contributed by atoms with Gasteiger partial charge in [0.25, 0.3) is 0 Å². The molecule has 2 N–H and O–H groups in total. The lowest BCUT2D eigenvalue weighted by Crippen LogP contribution is -2.08. The van der Waals surface area contributed by atoms with Crippen molar-refractivity contribution >= 4 is 15.5 Å². The first-order valence-electron chi connectivity index (χ1n) is 4.19. The number of benzene rings is 1. The summed E-state index contributed by atoms with van der Waals surface area (Å²) in [5.41, 5.74) is 6.15. The highest BCUT2D eigenvalue weighted by Crippen LogP contribution is 2.16. The molecule has 0 heterocycles. The highest BCUT2D eigenvalue weighted by Gasteiger charge is 2.11. The fourth-order valence-corrected chi connectivity index (χ4v) is 1.97. The molecule has 3 nitrogen and oxygen atoms in total. The molecule has 1 aromatic rings. The Kier molecular flexibility index (Phi) is 3.10. The number of anilines is 1. The highest BCUT2D eigenvalue weighted by molar-refractivity contribution is 7.90. The molecule has 0 aromatic heterocycles. The molecule has 0 amide bonds. The third kappa shape index (κ3) is 2.70. The molecule has 5 heteroatoms. The van der Waals surface area contributed by atoms with Crippen molar-refractivity contribution in [1.29, 1.82) is 0 Å². The van der Waals surface area contributed by atoms with E-state index in [4.69, 9.17) is 5.73 Å². The van der Waals surface area contributed by atoms with Gasteiger partial charge in [-0.05, 0) is 23.8 Å². The van der Waals surface area contributed by atoms with Crippen molar-refractivity contribution in [2.45, 2.75) is 12.7 Å². The molecule has 1 aromatic carbocycles. The van der Waals surface area contributed by atoms with Gasteiger partial charge in [-0.1, -0.05) is 6.92 Å². The van der Waals surface area contributed by atoms with Gasteiger partial charge in [0.1, 0.15) is 5.82 Å². The molecule has 0 radical (unpaired) electrons. The van der Waals surface area contributed by atoms with Crippen LogP contribution in [0.1, 0.15) is 12.5 Å². The van der Waals surface area contributed by atoms with Crippen molar-refractivity contribution in [3.8, 4) is 0 Å². The molecule has 0 unspecified atom stereocenters. The van der Waals surface area contributed by atoms with Gasteiger partial charge in [-0.15, -0.1) is 0 Å². The number of hydrogen-bond donors (Lipinski definition) is 1. The van der Waals surface area contributed by atoms with Crippen molar-refractivity contribution in [1.82, 2.24) is 0 Å². The molecule has 0 bridgehead atoms. The van der Waals surface area contributed by atoms with Crippen LogP contribution in [0.4, 0.5) is 10.1 Å². The molecule has 0 aliphatic carbocycles. The summed E-state index contributed by atoms with van der Waals surface area (Å²) in [6.07, 6.45) is 0. The second-order valence-electron chi connectivity index (χ2n) is 3.02. The minimum atomic E-state index is -3.16. The third-order valence-corrected chi connectivity index (χ3v) is 3.55. The summed E-state index contributed by atoms with van der Waals surface area (Å²) in [5, 5.41) is 0. The van der Waals surface area contributed by atoms with Crippen LogP contribution in [0.25, 0.3) is 0 Å². The minimum Gasteiger partial charge on any atom is -0.398 e. The number of rotatable bonds is 3. The zero-order valence-corrected chi connectivity index (χ0v) is 8.64. The number of nitrogen functional groups attached to an aromatic ring is 1. The predicted molar refractivity (Wildman–Crippen MR) is 54.0 cm³/mol. The molecular formula is C9H12FNO2S. The molecule has 0 fully saturated rings. The Morgan fingerprint density at radius 1 is 1.43 bits per heavy atom. The first kappa shape index (κ1) is 11.0. The first-order chi connectivity index (χ1) is 6.44. The van der Waals surface area contributed by atoms with Crippen LogP contribution < -0.4 is 5.73 Å². The van der Waals surface area contributed by atoms with Crippen LogP contribution in [0.5, 0.6) is 0 Å². The van der Waals surface area contributed by atoms with Gasteiger partial charge in [0, 0.05) is 11.4 Å². The minimum absolute atomic E-state index is 0.0307. The number of sulfone groups is 1. The van der Waals surface area contributed by atoms with Gasteiger partial charge in [0.05, 0.1) is 5.75 Å². The van der Waals surface area contributed by atoms with Crippen LogP contribution in [0.15, 0.2) is 18.2 Å². The van der Waals surface area contributed by atoms with E-state index >= 15 is 0 Å². The third-order valence-electron chi connectivity index (χ3n) is 1.92. The van der Waals surface area contributed by atoms with Crippen LogP contribution in [-0.2, 0) is 15.6 Å². The lowest BCUT2D eigenvalue weighted by atomic mass is 10.2. The Bertz CT molecular complexity index is 428. The van der Waals surface area contributed by atoms with E-state index in [1.165, 1.54) is 12.1 Å². The Balaban J connectivity index is 3.03. The summed E-state index contributed by atoms with van der Waals surface area (Å²) in [6, 6.07) is 3.73. The first-order valence-corrected chi connectivity index (χ1v) is 6.01. The molecule has 14 heavy (non-hydrogen) atoms. The van der Waals surface area contributed by atoms with Crippen molar-refractivity contribution < 1.29 is 12.8 Å². The standard InChI is InChI=1S/C9H12FNO2S/c1-2-14(12,13)6-7-5-8(10)3-4-9(7)11/h3-5H,2,6,11H2,1H3.